The lowest BCUT2D eigenvalue weighted by atomic mass is 10.1. The van der Waals surface area contributed by atoms with Crippen molar-refractivity contribution in [3.63, 3.8) is 0 Å². The average Bonchev–Trinajstić information content (AvgIpc) is 2.54. The van der Waals surface area contributed by atoms with Crippen LogP contribution >= 0.6 is 0 Å². The van der Waals surface area contributed by atoms with Crippen molar-refractivity contribution in [2.24, 2.45) is 0 Å². The van der Waals surface area contributed by atoms with E-state index in [1.807, 2.05) is 30.3 Å². The molecule has 1 aromatic heterocycles. The Morgan fingerprint density at radius 3 is 2.71 bits per heavy atom. The molecule has 0 unspecified atom stereocenters. The number of hydrogen-bond acceptors (Lipinski definition) is 4. The van der Waals surface area contributed by atoms with Gasteiger partial charge in [-0.3, -0.25) is 0 Å². The van der Waals surface area contributed by atoms with Crippen LogP contribution in [0.2, 0.25) is 0 Å². The van der Waals surface area contributed by atoms with E-state index in [9.17, 15) is 5.26 Å². The monoisotopic (exact) mass is 282 g/mol. The Morgan fingerprint density at radius 2 is 2.00 bits per heavy atom. The second-order valence-electron chi connectivity index (χ2n) is 4.99. The molecule has 1 heterocycles. The summed E-state index contributed by atoms with van der Waals surface area (Å²) >= 11 is 0. The normalized spacial score (nSPS) is 10.8. The molecule has 0 aliphatic heterocycles. The summed E-state index contributed by atoms with van der Waals surface area (Å²) in [7, 11) is 0. The number of nitriles is 1. The summed E-state index contributed by atoms with van der Waals surface area (Å²) in [5.74, 6) is 0.782. The van der Waals surface area contributed by atoms with Crippen LogP contribution in [-0.4, -0.2) is 36.1 Å². The lowest BCUT2D eigenvalue weighted by molar-refractivity contribution is 0.303. The predicted molar refractivity (Wildman–Crippen MR) is 87.4 cm³/mol. The highest BCUT2D eigenvalue weighted by molar-refractivity contribution is 5.86. The highest BCUT2D eigenvalue weighted by Crippen LogP contribution is 2.19. The zero-order chi connectivity index (χ0) is 15.1. The maximum absolute atomic E-state index is 9.26. The Balaban J connectivity index is 2.01. The molecule has 0 fully saturated rings. The Kier molecular flexibility index (Phi) is 5.53. The van der Waals surface area contributed by atoms with Gasteiger partial charge in [0.05, 0.1) is 17.1 Å². The second-order valence-corrected chi connectivity index (χ2v) is 4.99. The molecule has 0 saturated heterocycles. The van der Waals surface area contributed by atoms with Gasteiger partial charge in [-0.05, 0) is 38.2 Å². The molecule has 1 N–H and O–H groups in total. The smallest absolute Gasteiger partial charge is 0.127 e. The SMILES string of the molecule is CCN(CC)CCCNc1cc(C#N)c2ccccc2n1. The predicted octanol–water partition coefficient (Wildman–Crippen LogP) is 3.25. The fourth-order valence-electron chi connectivity index (χ4n) is 2.42. The van der Waals surface area contributed by atoms with Gasteiger partial charge in [-0.25, -0.2) is 4.98 Å². The van der Waals surface area contributed by atoms with Gasteiger partial charge in [-0.15, -0.1) is 0 Å². The summed E-state index contributed by atoms with van der Waals surface area (Å²) in [6.07, 6.45) is 1.07. The van der Waals surface area contributed by atoms with Crippen molar-refractivity contribution in [2.75, 3.05) is 31.5 Å². The molecule has 4 nitrogen and oxygen atoms in total. The van der Waals surface area contributed by atoms with E-state index in [1.165, 1.54) is 0 Å². The topological polar surface area (TPSA) is 52.0 Å². The van der Waals surface area contributed by atoms with E-state index >= 15 is 0 Å². The van der Waals surface area contributed by atoms with Gasteiger partial charge in [0.15, 0.2) is 0 Å². The van der Waals surface area contributed by atoms with Crippen LogP contribution in [0.3, 0.4) is 0 Å². The Morgan fingerprint density at radius 1 is 1.24 bits per heavy atom. The molecule has 0 atom stereocenters. The highest BCUT2D eigenvalue weighted by Gasteiger charge is 2.05. The van der Waals surface area contributed by atoms with E-state index in [-0.39, 0.29) is 0 Å². The second kappa shape index (κ2) is 7.61. The van der Waals surface area contributed by atoms with Gasteiger partial charge in [-0.2, -0.15) is 5.26 Å². The van der Waals surface area contributed by atoms with E-state index in [0.717, 1.165) is 49.3 Å². The van der Waals surface area contributed by atoms with Gasteiger partial charge < -0.3 is 10.2 Å². The first-order valence-corrected chi connectivity index (χ1v) is 7.54. The lowest BCUT2D eigenvalue weighted by Crippen LogP contribution is -2.25. The average molecular weight is 282 g/mol. The Bertz CT molecular complexity index is 626. The molecule has 2 aromatic rings. The number of aromatic nitrogens is 1. The van der Waals surface area contributed by atoms with Crippen molar-refractivity contribution in [1.29, 1.82) is 5.26 Å². The molecule has 0 aliphatic carbocycles. The zero-order valence-corrected chi connectivity index (χ0v) is 12.8. The number of hydrogen-bond donors (Lipinski definition) is 1. The fourth-order valence-corrected chi connectivity index (χ4v) is 2.42. The van der Waals surface area contributed by atoms with Crippen molar-refractivity contribution in [3.8, 4) is 6.07 Å². The summed E-state index contributed by atoms with van der Waals surface area (Å²) in [5.41, 5.74) is 1.54. The van der Waals surface area contributed by atoms with Gasteiger partial charge in [0.1, 0.15) is 5.82 Å². The van der Waals surface area contributed by atoms with Crippen molar-refractivity contribution in [3.05, 3.63) is 35.9 Å². The largest absolute Gasteiger partial charge is 0.370 e. The molecule has 0 aliphatic rings. The van der Waals surface area contributed by atoms with Crippen LogP contribution in [0.5, 0.6) is 0 Å². The number of pyridine rings is 1. The van der Waals surface area contributed by atoms with Crippen LogP contribution in [0, 0.1) is 11.3 Å². The van der Waals surface area contributed by atoms with Crippen molar-refractivity contribution in [1.82, 2.24) is 9.88 Å². The number of rotatable bonds is 7. The third-order valence-corrected chi connectivity index (χ3v) is 3.69. The molecule has 21 heavy (non-hydrogen) atoms. The Hall–Kier alpha value is -2.12. The number of anilines is 1. The summed E-state index contributed by atoms with van der Waals surface area (Å²) in [4.78, 5) is 6.96. The highest BCUT2D eigenvalue weighted by atomic mass is 15.1. The van der Waals surface area contributed by atoms with E-state index in [0.29, 0.717) is 5.56 Å². The minimum atomic E-state index is 0.673. The van der Waals surface area contributed by atoms with Crippen molar-refractivity contribution < 1.29 is 0 Å². The van der Waals surface area contributed by atoms with E-state index < -0.39 is 0 Å². The quantitative estimate of drug-likeness (QED) is 0.792. The Labute approximate surface area is 126 Å². The molecule has 1 aromatic carbocycles. The molecule has 110 valence electrons. The van der Waals surface area contributed by atoms with Crippen LogP contribution in [0.1, 0.15) is 25.8 Å². The first-order valence-electron chi connectivity index (χ1n) is 7.54. The third-order valence-electron chi connectivity index (χ3n) is 3.69. The fraction of sp³-hybridized carbons (Fsp3) is 0.412. The number of fused-ring (bicyclic) bond motifs is 1. The van der Waals surface area contributed by atoms with E-state index in [1.54, 1.807) is 0 Å². The van der Waals surface area contributed by atoms with Crippen LogP contribution in [-0.2, 0) is 0 Å². The number of nitrogens with one attached hydrogen (secondary N) is 1. The van der Waals surface area contributed by atoms with Gasteiger partial charge in [0, 0.05) is 11.9 Å². The maximum atomic E-state index is 9.26. The van der Waals surface area contributed by atoms with Crippen LogP contribution in [0.4, 0.5) is 5.82 Å². The zero-order valence-electron chi connectivity index (χ0n) is 12.8. The number of nitrogens with zero attached hydrogens (tertiary/aromatic N) is 3. The standard InChI is InChI=1S/C17H22N4/c1-3-21(4-2)11-7-10-19-17-12-14(13-18)15-8-5-6-9-16(15)20-17/h5-6,8-9,12H,3-4,7,10-11H2,1-2H3,(H,19,20). The first kappa shape index (κ1) is 15.3. The van der Waals surface area contributed by atoms with Crippen LogP contribution < -0.4 is 5.32 Å². The summed E-state index contributed by atoms with van der Waals surface area (Å²) in [6, 6.07) is 11.8. The summed E-state index contributed by atoms with van der Waals surface area (Å²) < 4.78 is 0. The third kappa shape index (κ3) is 3.93. The van der Waals surface area contributed by atoms with Gasteiger partial charge >= 0.3 is 0 Å². The summed E-state index contributed by atoms with van der Waals surface area (Å²) in [6.45, 7) is 8.49. The van der Waals surface area contributed by atoms with Crippen LogP contribution in [0.15, 0.2) is 30.3 Å². The molecule has 0 bridgehead atoms. The van der Waals surface area contributed by atoms with Gasteiger partial charge in [0.25, 0.3) is 0 Å². The molecular formula is C17H22N4. The van der Waals surface area contributed by atoms with E-state index in [2.05, 4.69) is 35.1 Å². The molecule has 0 spiro atoms. The van der Waals surface area contributed by atoms with Gasteiger partial charge in [-0.1, -0.05) is 32.0 Å². The molecule has 0 radical (unpaired) electrons. The molecule has 0 amide bonds. The lowest BCUT2D eigenvalue weighted by Gasteiger charge is -2.17. The summed E-state index contributed by atoms with van der Waals surface area (Å²) in [5, 5.41) is 13.5. The van der Waals surface area contributed by atoms with E-state index in [4.69, 9.17) is 0 Å². The number of para-hydroxylation sites is 1. The van der Waals surface area contributed by atoms with Crippen LogP contribution in [0.25, 0.3) is 10.9 Å². The molecule has 4 heteroatoms. The minimum Gasteiger partial charge on any atom is -0.370 e. The molecule has 0 saturated carbocycles. The minimum absolute atomic E-state index is 0.673. The van der Waals surface area contributed by atoms with Gasteiger partial charge in [0.2, 0.25) is 0 Å². The van der Waals surface area contributed by atoms with Crippen molar-refractivity contribution >= 4 is 16.7 Å². The van der Waals surface area contributed by atoms with Crippen molar-refractivity contribution in [2.45, 2.75) is 20.3 Å². The first-order chi connectivity index (χ1) is 10.3. The molecule has 2 rings (SSSR count). The molecular weight excluding hydrogens is 260 g/mol. The maximum Gasteiger partial charge on any atom is 0.127 e. The number of benzene rings is 1.